The number of phosphoric ester groups is 2. The van der Waals surface area contributed by atoms with Crippen LogP contribution in [-0.4, -0.2) is 95.0 Å². The standard InChI is InChI=1S/C51H94O15P2/c1-3-5-7-9-11-13-15-17-19-21-22-24-26-28-30-32-34-36-38-40-51(56)62-42-48(53)44-64-68(59,60)66-46-49(54)45-65-67(57,58)63-43-47(52)41-61-50(55)39-37-35-33-31-29-27-25-23-20-18-16-14-12-10-8-6-4-2/h11-14,17-20,47-49,52-54H,3-10,15-16,21-46H2,1-2H3,(H,57,58)(H,59,60)/b13-11-,14-12-,19-17-,20-18-. The average molecular weight is 1010 g/mol. The van der Waals surface area contributed by atoms with E-state index in [1.165, 1.54) is 96.3 Å². The molecule has 0 saturated carbocycles. The first-order chi connectivity index (χ1) is 32.8. The molecule has 0 saturated heterocycles. The van der Waals surface area contributed by atoms with Crippen LogP contribution in [0.1, 0.15) is 206 Å². The minimum absolute atomic E-state index is 0.187. The van der Waals surface area contributed by atoms with Crippen LogP contribution in [0.15, 0.2) is 48.6 Å². The molecule has 0 bridgehead atoms. The van der Waals surface area contributed by atoms with Crippen LogP contribution in [0.4, 0.5) is 0 Å². The molecule has 0 aliphatic carbocycles. The summed E-state index contributed by atoms with van der Waals surface area (Å²) in [4.78, 5) is 43.8. The summed E-state index contributed by atoms with van der Waals surface area (Å²) in [5.74, 6) is -1.00. The Hall–Kier alpha value is -2.00. The van der Waals surface area contributed by atoms with Crippen LogP contribution in [0.5, 0.6) is 0 Å². The van der Waals surface area contributed by atoms with E-state index in [4.69, 9.17) is 18.5 Å². The van der Waals surface area contributed by atoms with Gasteiger partial charge in [-0.25, -0.2) is 9.13 Å². The highest BCUT2D eigenvalue weighted by molar-refractivity contribution is 7.47. The molecule has 398 valence electrons. The summed E-state index contributed by atoms with van der Waals surface area (Å²) in [5.41, 5.74) is 0. The smallest absolute Gasteiger partial charge is 0.463 e. The highest BCUT2D eigenvalue weighted by Crippen LogP contribution is 2.45. The van der Waals surface area contributed by atoms with E-state index in [-0.39, 0.29) is 12.8 Å². The number of hydrogen-bond donors (Lipinski definition) is 5. The first kappa shape index (κ1) is 66.0. The van der Waals surface area contributed by atoms with Gasteiger partial charge in [0.15, 0.2) is 0 Å². The number of carbonyl (C=O) groups is 2. The van der Waals surface area contributed by atoms with Crippen LogP contribution in [0.3, 0.4) is 0 Å². The SMILES string of the molecule is CCCCC/C=C\C/C=C\CCCCCCCCCCCC(=O)OCC(O)COP(=O)(O)OCC(O)COP(=O)(O)OCC(O)COC(=O)CCCCCCCCC/C=C\C/C=C\CCCCC. The molecule has 5 unspecified atom stereocenters. The van der Waals surface area contributed by atoms with Crippen molar-refractivity contribution in [1.29, 1.82) is 0 Å². The minimum Gasteiger partial charge on any atom is -0.463 e. The van der Waals surface area contributed by atoms with Gasteiger partial charge >= 0.3 is 27.6 Å². The van der Waals surface area contributed by atoms with E-state index in [1.807, 2.05) is 0 Å². The first-order valence-corrected chi connectivity index (χ1v) is 29.0. The van der Waals surface area contributed by atoms with Crippen molar-refractivity contribution >= 4 is 27.6 Å². The fraction of sp³-hybridized carbons (Fsp3) is 0.804. The van der Waals surface area contributed by atoms with Crippen molar-refractivity contribution in [2.45, 2.75) is 225 Å². The molecule has 0 aromatic heterocycles. The van der Waals surface area contributed by atoms with Crippen molar-refractivity contribution in [3.8, 4) is 0 Å². The Morgan fingerprint density at radius 1 is 0.382 bits per heavy atom. The van der Waals surface area contributed by atoms with E-state index < -0.39 is 85.5 Å². The summed E-state index contributed by atoms with van der Waals surface area (Å²) in [6.07, 6.45) is 45.1. The van der Waals surface area contributed by atoms with E-state index in [0.29, 0.717) is 12.8 Å². The summed E-state index contributed by atoms with van der Waals surface area (Å²) < 4.78 is 53.1. The molecule has 5 atom stereocenters. The lowest BCUT2D eigenvalue weighted by atomic mass is 10.1. The van der Waals surface area contributed by atoms with Gasteiger partial charge < -0.3 is 34.6 Å². The van der Waals surface area contributed by atoms with Gasteiger partial charge in [-0.3, -0.25) is 27.7 Å². The van der Waals surface area contributed by atoms with Crippen LogP contribution in [0.2, 0.25) is 0 Å². The van der Waals surface area contributed by atoms with Crippen molar-refractivity contribution in [2.75, 3.05) is 39.6 Å². The van der Waals surface area contributed by atoms with Crippen LogP contribution in [-0.2, 0) is 46.3 Å². The van der Waals surface area contributed by atoms with Crippen LogP contribution < -0.4 is 0 Å². The lowest BCUT2D eigenvalue weighted by molar-refractivity contribution is -0.148. The number of unbranched alkanes of at least 4 members (excludes halogenated alkanes) is 22. The Morgan fingerprint density at radius 2 is 0.632 bits per heavy atom. The van der Waals surface area contributed by atoms with Gasteiger partial charge in [-0.05, 0) is 77.0 Å². The monoisotopic (exact) mass is 1010 g/mol. The number of ether oxygens (including phenoxy) is 2. The van der Waals surface area contributed by atoms with E-state index >= 15 is 0 Å². The lowest BCUT2D eigenvalue weighted by Crippen LogP contribution is -2.25. The topological polar surface area (TPSA) is 225 Å². The minimum atomic E-state index is -4.79. The molecule has 0 heterocycles. The van der Waals surface area contributed by atoms with Gasteiger partial charge in [-0.15, -0.1) is 0 Å². The van der Waals surface area contributed by atoms with Crippen molar-refractivity contribution in [3.63, 3.8) is 0 Å². The molecule has 0 spiro atoms. The maximum Gasteiger partial charge on any atom is 0.472 e. The highest BCUT2D eigenvalue weighted by atomic mass is 31.2. The summed E-state index contributed by atoms with van der Waals surface area (Å²) in [6.45, 7) is 0.377. The van der Waals surface area contributed by atoms with Crippen LogP contribution >= 0.6 is 15.6 Å². The number of carbonyl (C=O) groups excluding carboxylic acids is 2. The van der Waals surface area contributed by atoms with Gasteiger partial charge in [0.05, 0.1) is 26.4 Å². The second-order valence-corrected chi connectivity index (χ2v) is 20.4. The summed E-state index contributed by atoms with van der Waals surface area (Å²) in [5, 5.41) is 30.1. The van der Waals surface area contributed by atoms with Crippen molar-refractivity contribution in [1.82, 2.24) is 0 Å². The third-order valence-corrected chi connectivity index (χ3v) is 12.7. The zero-order chi connectivity index (χ0) is 50.2. The summed E-state index contributed by atoms with van der Waals surface area (Å²) in [6, 6.07) is 0. The third kappa shape index (κ3) is 49.0. The Balaban J connectivity index is 3.86. The van der Waals surface area contributed by atoms with E-state index in [9.17, 15) is 43.8 Å². The zero-order valence-corrected chi connectivity index (χ0v) is 43.8. The fourth-order valence-electron chi connectivity index (χ4n) is 6.68. The molecule has 0 radical (unpaired) electrons. The van der Waals surface area contributed by atoms with Crippen LogP contribution in [0.25, 0.3) is 0 Å². The largest absolute Gasteiger partial charge is 0.472 e. The Morgan fingerprint density at radius 3 is 0.926 bits per heavy atom. The lowest BCUT2D eigenvalue weighted by Gasteiger charge is -2.19. The normalized spacial score (nSPS) is 15.3. The Labute approximate surface area is 410 Å². The molecule has 0 aromatic carbocycles. The molecule has 0 fully saturated rings. The molecule has 15 nitrogen and oxygen atoms in total. The number of rotatable bonds is 50. The van der Waals surface area contributed by atoms with Crippen molar-refractivity contribution in [3.05, 3.63) is 48.6 Å². The molecule has 17 heteroatoms. The van der Waals surface area contributed by atoms with Crippen molar-refractivity contribution in [2.24, 2.45) is 0 Å². The van der Waals surface area contributed by atoms with Gasteiger partial charge in [0.1, 0.15) is 31.5 Å². The van der Waals surface area contributed by atoms with Gasteiger partial charge in [0, 0.05) is 12.8 Å². The van der Waals surface area contributed by atoms with Gasteiger partial charge in [-0.1, -0.05) is 165 Å². The average Bonchev–Trinajstić information content (AvgIpc) is 3.31. The summed E-state index contributed by atoms with van der Waals surface area (Å²) in [7, 11) is -9.58. The third-order valence-electron chi connectivity index (χ3n) is 10.8. The second kappa shape index (κ2) is 47.3. The fourth-order valence-corrected chi connectivity index (χ4v) is 8.28. The molecule has 0 aliphatic heterocycles. The molecule has 5 N–H and O–H groups in total. The van der Waals surface area contributed by atoms with Gasteiger partial charge in [-0.2, -0.15) is 0 Å². The van der Waals surface area contributed by atoms with Crippen LogP contribution in [0, 0.1) is 0 Å². The highest BCUT2D eigenvalue weighted by Gasteiger charge is 2.28. The van der Waals surface area contributed by atoms with Crippen molar-refractivity contribution < 1.29 is 71.4 Å². The zero-order valence-electron chi connectivity index (χ0n) is 42.0. The quantitative estimate of drug-likeness (QED) is 0.0165. The van der Waals surface area contributed by atoms with E-state index in [1.54, 1.807) is 0 Å². The molecule has 0 aliphatic rings. The molecule has 0 aromatic rings. The Kier molecular flexibility index (Phi) is 45.9. The maximum atomic E-state index is 12.2. The number of phosphoric acid groups is 2. The van der Waals surface area contributed by atoms with E-state index in [0.717, 1.165) is 70.6 Å². The number of allylic oxidation sites excluding steroid dienone is 8. The molecular weight excluding hydrogens is 914 g/mol. The predicted molar refractivity (Wildman–Crippen MR) is 270 cm³/mol. The number of aliphatic hydroxyl groups excluding tert-OH is 3. The number of aliphatic hydroxyl groups is 3. The second-order valence-electron chi connectivity index (χ2n) is 17.5. The summed E-state index contributed by atoms with van der Waals surface area (Å²) >= 11 is 0. The molecule has 68 heavy (non-hydrogen) atoms. The van der Waals surface area contributed by atoms with Gasteiger partial charge in [0.25, 0.3) is 0 Å². The van der Waals surface area contributed by atoms with Gasteiger partial charge in [0.2, 0.25) is 0 Å². The Bertz CT molecular complexity index is 1410. The number of esters is 2. The molecule has 0 rings (SSSR count). The molecule has 0 amide bonds. The maximum absolute atomic E-state index is 12.2. The van der Waals surface area contributed by atoms with E-state index in [2.05, 4.69) is 71.5 Å². The number of hydrogen-bond acceptors (Lipinski definition) is 13. The first-order valence-electron chi connectivity index (χ1n) is 26.0. The predicted octanol–water partition coefficient (Wildman–Crippen LogP) is 12.4. The molecular formula is C51H94O15P2.